The number of hydrogen-bond donors (Lipinski definition) is 0. The molecule has 3 aromatic carbocycles. The zero-order valence-electron chi connectivity index (χ0n) is 23.4. The highest BCUT2D eigenvalue weighted by Gasteiger charge is 2.06. The lowest BCUT2D eigenvalue weighted by Gasteiger charge is -2.12. The lowest BCUT2D eigenvalue weighted by Crippen LogP contribution is -1.98. The monoisotopic (exact) mass is 498 g/mol. The van der Waals surface area contributed by atoms with Gasteiger partial charge in [-0.2, -0.15) is 0 Å². The van der Waals surface area contributed by atoms with Crippen LogP contribution in [0, 0.1) is 0 Å². The highest BCUT2D eigenvalue weighted by Crippen LogP contribution is 2.31. The van der Waals surface area contributed by atoms with Gasteiger partial charge in [0.2, 0.25) is 0 Å². The second-order valence-electron chi connectivity index (χ2n) is 10.6. The van der Waals surface area contributed by atoms with Crippen LogP contribution in [0.2, 0.25) is 0 Å². The van der Waals surface area contributed by atoms with E-state index < -0.39 is 0 Å². The molecule has 0 aliphatic heterocycles. The first-order chi connectivity index (χ1) is 18.4. The minimum atomic E-state index is 0.797. The summed E-state index contributed by atoms with van der Waals surface area (Å²) < 4.78 is 6.25. The number of unbranched alkanes of at least 4 members (excludes halogenated alkanes) is 15. The van der Waals surface area contributed by atoms with E-state index in [1.807, 2.05) is 0 Å². The molecule has 0 aliphatic rings. The Labute approximate surface area is 227 Å². The van der Waals surface area contributed by atoms with Gasteiger partial charge < -0.3 is 4.74 Å². The predicted octanol–water partition coefficient (Wildman–Crippen LogP) is 11.7. The Balaban J connectivity index is 1.28. The average molecular weight is 499 g/mol. The van der Waals surface area contributed by atoms with Gasteiger partial charge in [0, 0.05) is 0 Å². The van der Waals surface area contributed by atoms with Crippen molar-refractivity contribution < 1.29 is 4.74 Å². The molecule has 1 nitrogen and oxygen atoms in total. The first kappa shape index (κ1) is 29.0. The van der Waals surface area contributed by atoms with Gasteiger partial charge in [0.05, 0.1) is 6.61 Å². The van der Waals surface area contributed by atoms with Crippen LogP contribution < -0.4 is 4.74 Å². The fourth-order valence-electron chi connectivity index (χ4n) is 5.12. The molecule has 0 saturated heterocycles. The Morgan fingerprint density at radius 1 is 0.405 bits per heavy atom. The molecular formula is C36H50O. The van der Waals surface area contributed by atoms with E-state index in [0.29, 0.717) is 0 Å². The molecule has 200 valence electrons. The Hall–Kier alpha value is -2.54. The second-order valence-corrected chi connectivity index (χ2v) is 10.6. The van der Waals surface area contributed by atoms with Crippen molar-refractivity contribution in [1.29, 1.82) is 0 Å². The van der Waals surface area contributed by atoms with Gasteiger partial charge in [0.25, 0.3) is 0 Å². The van der Waals surface area contributed by atoms with Gasteiger partial charge >= 0.3 is 0 Å². The third kappa shape index (κ3) is 12.0. The van der Waals surface area contributed by atoms with Crippen molar-refractivity contribution in [1.82, 2.24) is 0 Å². The predicted molar refractivity (Wildman–Crippen MR) is 162 cm³/mol. The van der Waals surface area contributed by atoms with Gasteiger partial charge in [-0.3, -0.25) is 0 Å². The number of hydrogen-bond acceptors (Lipinski definition) is 1. The molecule has 3 rings (SSSR count). The summed E-state index contributed by atoms with van der Waals surface area (Å²) in [6.07, 6.45) is 22.3. The van der Waals surface area contributed by atoms with Crippen LogP contribution in [0.1, 0.15) is 110 Å². The quantitative estimate of drug-likeness (QED) is 0.141. The Bertz CT molecular complexity index is 889. The third-order valence-corrected chi connectivity index (χ3v) is 7.39. The lowest BCUT2D eigenvalue weighted by molar-refractivity contribution is 0.304. The van der Waals surface area contributed by atoms with E-state index in [4.69, 9.17) is 4.74 Å². The maximum atomic E-state index is 6.25. The summed E-state index contributed by atoms with van der Waals surface area (Å²) in [6.45, 7) is 3.09. The molecular weight excluding hydrogens is 448 g/mol. The molecule has 0 atom stereocenters. The van der Waals surface area contributed by atoms with Crippen molar-refractivity contribution in [2.45, 2.75) is 110 Å². The van der Waals surface area contributed by atoms with Crippen LogP contribution >= 0.6 is 0 Å². The molecule has 0 fully saturated rings. The summed E-state index contributed by atoms with van der Waals surface area (Å²) in [4.78, 5) is 0. The summed E-state index contributed by atoms with van der Waals surface area (Å²) >= 11 is 0. The fourth-order valence-corrected chi connectivity index (χ4v) is 5.12. The van der Waals surface area contributed by atoms with Crippen molar-refractivity contribution in [2.24, 2.45) is 0 Å². The molecule has 0 unspecified atom stereocenters. The highest BCUT2D eigenvalue weighted by molar-refractivity contribution is 5.75. The van der Waals surface area contributed by atoms with Crippen LogP contribution in [-0.2, 0) is 0 Å². The molecule has 0 aromatic heterocycles. The molecule has 0 aliphatic carbocycles. The molecule has 37 heavy (non-hydrogen) atoms. The van der Waals surface area contributed by atoms with E-state index >= 15 is 0 Å². The molecule has 0 spiro atoms. The van der Waals surface area contributed by atoms with E-state index in [1.165, 1.54) is 119 Å². The van der Waals surface area contributed by atoms with Crippen molar-refractivity contribution in [3.63, 3.8) is 0 Å². The summed E-state index contributed by atoms with van der Waals surface area (Å²) in [5.41, 5.74) is 4.88. The van der Waals surface area contributed by atoms with Gasteiger partial charge in [-0.05, 0) is 46.9 Å². The van der Waals surface area contributed by atoms with E-state index in [9.17, 15) is 0 Å². The third-order valence-electron chi connectivity index (χ3n) is 7.39. The van der Waals surface area contributed by atoms with Crippen molar-refractivity contribution in [2.75, 3.05) is 6.61 Å². The van der Waals surface area contributed by atoms with Gasteiger partial charge in [-0.1, -0.05) is 164 Å². The van der Waals surface area contributed by atoms with Crippen LogP contribution in [0.5, 0.6) is 5.75 Å². The second kappa shape index (κ2) is 18.7. The molecule has 0 bridgehead atoms. The normalized spacial score (nSPS) is 11.1. The van der Waals surface area contributed by atoms with E-state index in [2.05, 4.69) is 85.8 Å². The zero-order valence-corrected chi connectivity index (χ0v) is 23.4. The Morgan fingerprint density at radius 2 is 0.784 bits per heavy atom. The number of benzene rings is 3. The van der Waals surface area contributed by atoms with E-state index in [0.717, 1.165) is 18.8 Å². The average Bonchev–Trinajstić information content (AvgIpc) is 2.95. The molecule has 1 heteroatoms. The van der Waals surface area contributed by atoms with Gasteiger partial charge in [-0.15, -0.1) is 0 Å². The van der Waals surface area contributed by atoms with E-state index in [1.54, 1.807) is 0 Å². The van der Waals surface area contributed by atoms with Gasteiger partial charge in [0.15, 0.2) is 0 Å². The lowest BCUT2D eigenvalue weighted by atomic mass is 9.98. The highest BCUT2D eigenvalue weighted by atomic mass is 16.5. The van der Waals surface area contributed by atoms with Crippen LogP contribution in [0.4, 0.5) is 0 Å². The van der Waals surface area contributed by atoms with Crippen LogP contribution in [0.15, 0.2) is 78.9 Å². The van der Waals surface area contributed by atoms with Crippen molar-refractivity contribution in [3.05, 3.63) is 78.9 Å². The summed E-state index contributed by atoms with van der Waals surface area (Å²) in [7, 11) is 0. The SMILES string of the molecule is CCCCCCCCCCCCCCCCCCOc1cc(-c2ccccc2)cc(-c2ccccc2)c1. The van der Waals surface area contributed by atoms with Crippen molar-refractivity contribution in [3.8, 4) is 28.0 Å². The summed E-state index contributed by atoms with van der Waals surface area (Å²) in [6, 6.07) is 27.9. The largest absolute Gasteiger partial charge is 0.494 e. The van der Waals surface area contributed by atoms with Crippen LogP contribution in [-0.4, -0.2) is 6.61 Å². The molecule has 0 N–H and O–H groups in total. The Morgan fingerprint density at radius 3 is 1.19 bits per heavy atom. The minimum Gasteiger partial charge on any atom is -0.494 e. The smallest absolute Gasteiger partial charge is 0.120 e. The molecule has 0 saturated carbocycles. The molecule has 0 radical (unpaired) electrons. The summed E-state index contributed by atoms with van der Waals surface area (Å²) in [5, 5.41) is 0. The first-order valence-electron chi connectivity index (χ1n) is 15.3. The summed E-state index contributed by atoms with van der Waals surface area (Å²) in [5.74, 6) is 0.973. The maximum absolute atomic E-state index is 6.25. The maximum Gasteiger partial charge on any atom is 0.120 e. The molecule has 0 heterocycles. The number of rotatable bonds is 20. The van der Waals surface area contributed by atoms with Gasteiger partial charge in [-0.25, -0.2) is 0 Å². The Kier molecular flexibility index (Phi) is 14.6. The van der Waals surface area contributed by atoms with Gasteiger partial charge in [0.1, 0.15) is 5.75 Å². The topological polar surface area (TPSA) is 9.23 Å². The standard InChI is InChI=1S/C36H50O/c1-2-3-4-5-6-7-8-9-10-11-12-13-14-15-16-23-28-37-36-30-34(32-24-19-17-20-25-32)29-35(31-36)33-26-21-18-22-27-33/h17-22,24-27,29-31H,2-16,23,28H2,1H3. The van der Waals surface area contributed by atoms with E-state index in [-0.39, 0.29) is 0 Å². The zero-order chi connectivity index (χ0) is 25.8. The van der Waals surface area contributed by atoms with Crippen LogP contribution in [0.25, 0.3) is 22.3 Å². The minimum absolute atomic E-state index is 0.797. The number of ether oxygens (including phenoxy) is 1. The molecule has 0 amide bonds. The molecule has 3 aromatic rings. The van der Waals surface area contributed by atoms with Crippen LogP contribution in [0.3, 0.4) is 0 Å². The van der Waals surface area contributed by atoms with Crippen molar-refractivity contribution >= 4 is 0 Å². The first-order valence-corrected chi connectivity index (χ1v) is 15.3. The fraction of sp³-hybridized carbons (Fsp3) is 0.500.